The van der Waals surface area contributed by atoms with Crippen molar-refractivity contribution in [3.8, 4) is 6.07 Å². The Labute approximate surface area is 147 Å². The fourth-order valence-corrected chi connectivity index (χ4v) is 2.79. The van der Waals surface area contributed by atoms with Crippen LogP contribution in [0.15, 0.2) is 54.1 Å². The number of alkyl halides is 3. The standard InChI is InChI=1S/C20H13F3N2O/c1-12-18(16-4-2-3-5-17(16)25-12)19(26)14(11-24)10-13-6-8-15(9-7-13)20(21,22)23/h2-10,25H,1H3. The van der Waals surface area contributed by atoms with Gasteiger partial charge in [0, 0.05) is 16.6 Å². The average Bonchev–Trinajstić information content (AvgIpc) is 2.94. The highest BCUT2D eigenvalue weighted by Crippen LogP contribution is 2.30. The molecule has 3 rings (SSSR count). The van der Waals surface area contributed by atoms with Gasteiger partial charge in [0.05, 0.1) is 11.1 Å². The third-order valence-corrected chi connectivity index (χ3v) is 4.03. The maximum Gasteiger partial charge on any atom is 0.416 e. The number of nitriles is 1. The SMILES string of the molecule is Cc1[nH]c2ccccc2c1C(=O)C(C#N)=Cc1ccc(C(F)(F)F)cc1. The lowest BCUT2D eigenvalue weighted by molar-refractivity contribution is -0.137. The van der Waals surface area contributed by atoms with Gasteiger partial charge in [-0.2, -0.15) is 18.4 Å². The minimum absolute atomic E-state index is 0.141. The van der Waals surface area contributed by atoms with Crippen molar-refractivity contribution < 1.29 is 18.0 Å². The Morgan fingerprint density at radius 1 is 1.12 bits per heavy atom. The first kappa shape index (κ1) is 17.5. The largest absolute Gasteiger partial charge is 0.416 e. The van der Waals surface area contributed by atoms with Gasteiger partial charge in [-0.05, 0) is 36.8 Å². The van der Waals surface area contributed by atoms with Crippen molar-refractivity contribution in [3.63, 3.8) is 0 Å². The molecule has 0 aliphatic carbocycles. The van der Waals surface area contributed by atoms with Gasteiger partial charge in [-0.1, -0.05) is 30.3 Å². The summed E-state index contributed by atoms with van der Waals surface area (Å²) in [7, 11) is 0. The number of fused-ring (bicyclic) bond motifs is 1. The number of aryl methyl sites for hydroxylation is 1. The summed E-state index contributed by atoms with van der Waals surface area (Å²) >= 11 is 0. The summed E-state index contributed by atoms with van der Waals surface area (Å²) in [4.78, 5) is 15.9. The van der Waals surface area contributed by atoms with Crippen molar-refractivity contribution in [1.29, 1.82) is 5.26 Å². The molecule has 26 heavy (non-hydrogen) atoms. The molecule has 0 amide bonds. The fourth-order valence-electron chi connectivity index (χ4n) is 2.79. The van der Waals surface area contributed by atoms with Gasteiger partial charge in [0.25, 0.3) is 0 Å². The van der Waals surface area contributed by atoms with Crippen molar-refractivity contribution in [2.45, 2.75) is 13.1 Å². The molecule has 3 aromatic rings. The monoisotopic (exact) mass is 354 g/mol. The Morgan fingerprint density at radius 2 is 1.77 bits per heavy atom. The number of nitrogens with zero attached hydrogens (tertiary/aromatic N) is 1. The second kappa shape index (κ2) is 6.52. The first-order chi connectivity index (χ1) is 12.3. The van der Waals surface area contributed by atoms with Crippen LogP contribution in [0.3, 0.4) is 0 Å². The summed E-state index contributed by atoms with van der Waals surface area (Å²) in [6.07, 6.45) is -3.14. The van der Waals surface area contributed by atoms with Gasteiger partial charge in [-0.3, -0.25) is 4.79 Å². The normalized spacial score (nSPS) is 12.2. The second-order valence-electron chi connectivity index (χ2n) is 5.79. The van der Waals surface area contributed by atoms with E-state index >= 15 is 0 Å². The van der Waals surface area contributed by atoms with Crippen molar-refractivity contribution in [1.82, 2.24) is 4.98 Å². The Kier molecular flexibility index (Phi) is 4.39. The van der Waals surface area contributed by atoms with Crippen LogP contribution in [0.25, 0.3) is 17.0 Å². The molecule has 6 heteroatoms. The third kappa shape index (κ3) is 3.24. The zero-order chi connectivity index (χ0) is 18.9. The maximum atomic E-state index is 12.8. The maximum absolute atomic E-state index is 12.8. The van der Waals surface area contributed by atoms with E-state index in [4.69, 9.17) is 0 Å². The van der Waals surface area contributed by atoms with Crippen molar-refractivity contribution >= 4 is 22.8 Å². The molecule has 1 N–H and O–H groups in total. The number of carbonyl (C=O) groups excluding carboxylic acids is 1. The van der Waals surface area contributed by atoms with E-state index in [0.29, 0.717) is 22.2 Å². The van der Waals surface area contributed by atoms with Crippen LogP contribution < -0.4 is 0 Å². The van der Waals surface area contributed by atoms with Crippen LogP contribution in [0.2, 0.25) is 0 Å². The molecule has 0 spiro atoms. The average molecular weight is 354 g/mol. The van der Waals surface area contributed by atoms with E-state index in [1.54, 1.807) is 19.1 Å². The summed E-state index contributed by atoms with van der Waals surface area (Å²) in [5.74, 6) is -0.470. The van der Waals surface area contributed by atoms with Crippen LogP contribution in [-0.4, -0.2) is 10.8 Å². The minimum Gasteiger partial charge on any atom is -0.358 e. The molecule has 0 aliphatic rings. The van der Waals surface area contributed by atoms with Crippen LogP contribution in [0.4, 0.5) is 13.2 Å². The number of nitrogens with one attached hydrogen (secondary N) is 1. The Hall–Kier alpha value is -3.33. The molecular weight excluding hydrogens is 341 g/mol. The lowest BCUT2D eigenvalue weighted by atomic mass is 9.99. The van der Waals surface area contributed by atoms with E-state index in [0.717, 1.165) is 17.6 Å². The van der Waals surface area contributed by atoms with Gasteiger partial charge < -0.3 is 4.98 Å². The summed E-state index contributed by atoms with van der Waals surface area (Å²) in [6, 6.07) is 13.4. The quantitative estimate of drug-likeness (QED) is 0.395. The summed E-state index contributed by atoms with van der Waals surface area (Å²) in [6.45, 7) is 1.74. The van der Waals surface area contributed by atoms with Crippen molar-refractivity contribution in [2.75, 3.05) is 0 Å². The first-order valence-electron chi connectivity index (χ1n) is 7.72. The molecule has 0 radical (unpaired) electrons. The zero-order valence-corrected chi connectivity index (χ0v) is 13.7. The number of hydrogen-bond acceptors (Lipinski definition) is 2. The number of allylic oxidation sites excluding steroid dienone is 1. The number of carbonyl (C=O) groups is 1. The lowest BCUT2D eigenvalue weighted by Crippen LogP contribution is -2.05. The van der Waals surface area contributed by atoms with E-state index < -0.39 is 17.5 Å². The van der Waals surface area contributed by atoms with Gasteiger partial charge in [0.1, 0.15) is 11.6 Å². The topological polar surface area (TPSA) is 56.6 Å². The molecule has 1 aromatic heterocycles. The number of H-pyrrole nitrogens is 1. The van der Waals surface area contributed by atoms with Crippen LogP contribution in [-0.2, 0) is 6.18 Å². The third-order valence-electron chi connectivity index (χ3n) is 4.03. The number of hydrogen-bond donors (Lipinski definition) is 1. The fraction of sp³-hybridized carbons (Fsp3) is 0.100. The number of halogens is 3. The van der Waals surface area contributed by atoms with Gasteiger partial charge in [0.15, 0.2) is 0 Å². The summed E-state index contributed by atoms with van der Waals surface area (Å²) in [5.41, 5.74) is 1.22. The van der Waals surface area contributed by atoms with E-state index in [9.17, 15) is 23.2 Å². The molecule has 0 saturated heterocycles. The molecule has 0 saturated carbocycles. The molecule has 1 heterocycles. The highest BCUT2D eigenvalue weighted by molar-refractivity contribution is 6.20. The Balaban J connectivity index is 2.00. The number of rotatable bonds is 3. The van der Waals surface area contributed by atoms with Crippen molar-refractivity contribution in [2.24, 2.45) is 0 Å². The number of aromatic amines is 1. The molecule has 0 fully saturated rings. The highest BCUT2D eigenvalue weighted by Gasteiger charge is 2.30. The number of aromatic nitrogens is 1. The predicted molar refractivity (Wildman–Crippen MR) is 92.4 cm³/mol. The molecule has 0 aliphatic heterocycles. The van der Waals surface area contributed by atoms with Crippen LogP contribution in [0.1, 0.15) is 27.2 Å². The number of benzene rings is 2. The Bertz CT molecular complexity index is 1050. The molecule has 2 aromatic carbocycles. The Morgan fingerprint density at radius 3 is 2.38 bits per heavy atom. The van der Waals surface area contributed by atoms with Crippen LogP contribution >= 0.6 is 0 Å². The number of Topliss-reactive ketones (excluding diaryl/α,β-unsaturated/α-hetero) is 1. The minimum atomic E-state index is -4.43. The van der Waals surface area contributed by atoms with Crippen LogP contribution in [0, 0.1) is 18.3 Å². The van der Waals surface area contributed by atoms with Crippen molar-refractivity contribution in [3.05, 3.63) is 76.5 Å². The first-order valence-corrected chi connectivity index (χ1v) is 7.72. The van der Waals surface area contributed by atoms with Crippen LogP contribution in [0.5, 0.6) is 0 Å². The molecule has 0 bridgehead atoms. The van der Waals surface area contributed by atoms with Gasteiger partial charge in [-0.15, -0.1) is 0 Å². The molecular formula is C20H13F3N2O. The molecule has 130 valence electrons. The second-order valence-corrected chi connectivity index (χ2v) is 5.79. The zero-order valence-electron chi connectivity index (χ0n) is 13.7. The molecule has 3 nitrogen and oxygen atoms in total. The summed E-state index contributed by atoms with van der Waals surface area (Å²) < 4.78 is 37.9. The summed E-state index contributed by atoms with van der Waals surface area (Å²) in [5, 5.41) is 10.1. The number of ketones is 1. The smallest absolute Gasteiger partial charge is 0.358 e. The lowest BCUT2D eigenvalue weighted by Gasteiger charge is -2.06. The predicted octanol–water partition coefficient (Wildman–Crippen LogP) is 5.29. The highest BCUT2D eigenvalue weighted by atomic mass is 19.4. The molecule has 0 atom stereocenters. The van der Waals surface area contributed by atoms with E-state index in [2.05, 4.69) is 4.98 Å². The number of para-hydroxylation sites is 1. The van der Waals surface area contributed by atoms with Gasteiger partial charge in [0.2, 0.25) is 5.78 Å². The molecule has 0 unspecified atom stereocenters. The van der Waals surface area contributed by atoms with Gasteiger partial charge in [-0.25, -0.2) is 0 Å². The van der Waals surface area contributed by atoms with E-state index in [-0.39, 0.29) is 5.57 Å². The van der Waals surface area contributed by atoms with E-state index in [1.807, 2.05) is 18.2 Å². The van der Waals surface area contributed by atoms with E-state index in [1.165, 1.54) is 18.2 Å². The van der Waals surface area contributed by atoms with Gasteiger partial charge >= 0.3 is 6.18 Å².